The second kappa shape index (κ2) is 4.63. The van der Waals surface area contributed by atoms with Gasteiger partial charge in [-0.05, 0) is 44.9 Å². The molecule has 20 heavy (non-hydrogen) atoms. The molecule has 6 heteroatoms. The van der Waals surface area contributed by atoms with Gasteiger partial charge >= 0.3 is 0 Å². The molecule has 1 saturated heterocycles. The van der Waals surface area contributed by atoms with Crippen molar-refractivity contribution in [1.82, 2.24) is 4.31 Å². The Morgan fingerprint density at radius 2 is 1.95 bits per heavy atom. The van der Waals surface area contributed by atoms with Crippen LogP contribution in [0, 0.1) is 0 Å². The van der Waals surface area contributed by atoms with Gasteiger partial charge in [-0.25, -0.2) is 8.42 Å². The van der Waals surface area contributed by atoms with E-state index in [1.807, 2.05) is 13.8 Å². The smallest absolute Gasteiger partial charge is 0.243 e. The van der Waals surface area contributed by atoms with E-state index in [2.05, 4.69) is 5.32 Å². The molecule has 0 aliphatic carbocycles. The van der Waals surface area contributed by atoms with Gasteiger partial charge in [0, 0.05) is 13.1 Å². The van der Waals surface area contributed by atoms with Gasteiger partial charge in [-0.3, -0.25) is 0 Å². The predicted octanol–water partition coefficient (Wildman–Crippen LogP) is 2.05. The van der Waals surface area contributed by atoms with Crippen LogP contribution in [0.2, 0.25) is 0 Å². The summed E-state index contributed by atoms with van der Waals surface area (Å²) in [4.78, 5) is 0.342. The van der Waals surface area contributed by atoms with Crippen LogP contribution in [-0.2, 0) is 10.0 Å². The fourth-order valence-corrected chi connectivity index (χ4v) is 4.16. The third-order valence-electron chi connectivity index (χ3n) is 3.74. The van der Waals surface area contributed by atoms with Crippen molar-refractivity contribution >= 4 is 15.7 Å². The Morgan fingerprint density at radius 1 is 1.25 bits per heavy atom. The SMILES string of the molecule is CC1(C)CNc2cc(S(=O)(=O)N3CCCC3)ccc2O1. The van der Waals surface area contributed by atoms with Crippen molar-refractivity contribution in [1.29, 1.82) is 0 Å². The van der Waals surface area contributed by atoms with E-state index in [0.29, 0.717) is 30.3 Å². The summed E-state index contributed by atoms with van der Waals surface area (Å²) in [6.45, 7) is 5.90. The average Bonchev–Trinajstić information content (AvgIpc) is 2.91. The first-order valence-electron chi connectivity index (χ1n) is 6.96. The molecule has 0 amide bonds. The molecule has 0 atom stereocenters. The molecule has 1 aromatic rings. The zero-order valence-electron chi connectivity index (χ0n) is 11.8. The fraction of sp³-hybridized carbons (Fsp3) is 0.571. The molecular weight excluding hydrogens is 276 g/mol. The number of fused-ring (bicyclic) bond motifs is 1. The van der Waals surface area contributed by atoms with Crippen molar-refractivity contribution in [2.24, 2.45) is 0 Å². The van der Waals surface area contributed by atoms with Crippen LogP contribution in [0.5, 0.6) is 5.75 Å². The van der Waals surface area contributed by atoms with Gasteiger partial charge in [-0.15, -0.1) is 0 Å². The highest BCUT2D eigenvalue weighted by Gasteiger charge is 2.30. The number of hydrogen-bond donors (Lipinski definition) is 1. The summed E-state index contributed by atoms with van der Waals surface area (Å²) in [5.74, 6) is 0.710. The summed E-state index contributed by atoms with van der Waals surface area (Å²) < 4.78 is 32.4. The van der Waals surface area contributed by atoms with Crippen molar-refractivity contribution in [3.05, 3.63) is 18.2 Å². The molecule has 0 radical (unpaired) electrons. The lowest BCUT2D eigenvalue weighted by Crippen LogP contribution is -2.40. The number of sulfonamides is 1. The number of nitrogens with one attached hydrogen (secondary N) is 1. The van der Waals surface area contributed by atoms with Crippen LogP contribution in [0.15, 0.2) is 23.1 Å². The largest absolute Gasteiger partial charge is 0.484 e. The third-order valence-corrected chi connectivity index (χ3v) is 5.64. The number of benzene rings is 1. The zero-order chi connectivity index (χ0) is 14.4. The molecule has 5 nitrogen and oxygen atoms in total. The lowest BCUT2D eigenvalue weighted by Gasteiger charge is -2.33. The molecule has 2 aliphatic heterocycles. The summed E-state index contributed by atoms with van der Waals surface area (Å²) >= 11 is 0. The van der Waals surface area contributed by atoms with Gasteiger partial charge in [0.2, 0.25) is 10.0 Å². The lowest BCUT2D eigenvalue weighted by atomic mass is 10.1. The minimum atomic E-state index is -3.36. The second-order valence-corrected chi connectivity index (χ2v) is 7.92. The van der Waals surface area contributed by atoms with E-state index < -0.39 is 10.0 Å². The lowest BCUT2D eigenvalue weighted by molar-refractivity contribution is 0.116. The van der Waals surface area contributed by atoms with E-state index in [1.54, 1.807) is 22.5 Å². The number of rotatable bonds is 2. The summed E-state index contributed by atoms with van der Waals surface area (Å²) in [5, 5.41) is 3.25. The molecule has 0 aromatic heterocycles. The summed E-state index contributed by atoms with van der Waals surface area (Å²) in [6.07, 6.45) is 1.89. The quantitative estimate of drug-likeness (QED) is 0.907. The van der Waals surface area contributed by atoms with Crippen molar-refractivity contribution in [2.75, 3.05) is 25.0 Å². The molecule has 2 heterocycles. The number of ether oxygens (including phenoxy) is 1. The van der Waals surface area contributed by atoms with Gasteiger partial charge in [-0.2, -0.15) is 4.31 Å². The van der Waals surface area contributed by atoms with Crippen LogP contribution in [0.1, 0.15) is 26.7 Å². The van der Waals surface area contributed by atoms with Gasteiger partial charge in [-0.1, -0.05) is 0 Å². The zero-order valence-corrected chi connectivity index (χ0v) is 12.7. The highest BCUT2D eigenvalue weighted by molar-refractivity contribution is 7.89. The molecule has 0 saturated carbocycles. The molecule has 2 aliphatic rings. The van der Waals surface area contributed by atoms with Gasteiger partial charge in [0.05, 0.1) is 17.1 Å². The first kappa shape index (κ1) is 13.7. The monoisotopic (exact) mass is 296 g/mol. The standard InChI is InChI=1S/C14H20N2O3S/c1-14(2)10-15-12-9-11(5-6-13(12)19-14)20(17,18)16-7-3-4-8-16/h5-6,9,15H,3-4,7-8,10H2,1-2H3. The fourth-order valence-electron chi connectivity index (χ4n) is 2.62. The maximum absolute atomic E-state index is 12.5. The predicted molar refractivity (Wildman–Crippen MR) is 77.6 cm³/mol. The van der Waals surface area contributed by atoms with Crippen molar-refractivity contribution in [3.8, 4) is 5.75 Å². The average molecular weight is 296 g/mol. The number of hydrogen-bond acceptors (Lipinski definition) is 4. The second-order valence-electron chi connectivity index (χ2n) is 5.98. The van der Waals surface area contributed by atoms with Crippen molar-refractivity contribution in [2.45, 2.75) is 37.2 Å². The van der Waals surface area contributed by atoms with Gasteiger partial charge < -0.3 is 10.1 Å². The topological polar surface area (TPSA) is 58.6 Å². The Hall–Kier alpha value is -1.27. The molecule has 3 rings (SSSR count). The molecule has 0 unspecified atom stereocenters. The van der Waals surface area contributed by atoms with Crippen LogP contribution in [0.3, 0.4) is 0 Å². The summed E-state index contributed by atoms with van der Waals surface area (Å²) in [7, 11) is -3.36. The van der Waals surface area contributed by atoms with E-state index in [-0.39, 0.29) is 5.60 Å². The Balaban J connectivity index is 1.93. The van der Waals surface area contributed by atoms with Crippen LogP contribution in [0.4, 0.5) is 5.69 Å². The third kappa shape index (κ3) is 2.38. The molecule has 1 fully saturated rings. The highest BCUT2D eigenvalue weighted by Crippen LogP contribution is 2.35. The van der Waals surface area contributed by atoms with Crippen molar-refractivity contribution in [3.63, 3.8) is 0 Å². The Morgan fingerprint density at radius 3 is 2.65 bits per heavy atom. The van der Waals surface area contributed by atoms with E-state index in [0.717, 1.165) is 18.5 Å². The summed E-state index contributed by atoms with van der Waals surface area (Å²) in [6, 6.07) is 5.06. The van der Waals surface area contributed by atoms with Crippen LogP contribution < -0.4 is 10.1 Å². The number of nitrogens with zero attached hydrogens (tertiary/aromatic N) is 1. The Bertz CT molecular complexity index is 619. The van der Waals surface area contributed by atoms with Crippen molar-refractivity contribution < 1.29 is 13.2 Å². The van der Waals surface area contributed by atoms with Crippen LogP contribution in [-0.4, -0.2) is 38.0 Å². The maximum Gasteiger partial charge on any atom is 0.243 e. The van der Waals surface area contributed by atoms with Gasteiger partial charge in [0.15, 0.2) is 0 Å². The molecule has 0 spiro atoms. The van der Waals surface area contributed by atoms with E-state index in [9.17, 15) is 8.42 Å². The van der Waals surface area contributed by atoms with E-state index >= 15 is 0 Å². The number of anilines is 1. The molecule has 110 valence electrons. The Kier molecular flexibility index (Phi) is 3.17. The minimum Gasteiger partial charge on any atom is -0.484 e. The maximum atomic E-state index is 12.5. The van der Waals surface area contributed by atoms with Crippen LogP contribution in [0.25, 0.3) is 0 Å². The molecule has 1 N–H and O–H groups in total. The molecular formula is C14H20N2O3S. The highest BCUT2D eigenvalue weighted by atomic mass is 32.2. The minimum absolute atomic E-state index is 0.275. The van der Waals surface area contributed by atoms with E-state index in [4.69, 9.17) is 4.74 Å². The molecule has 0 bridgehead atoms. The van der Waals surface area contributed by atoms with E-state index in [1.165, 1.54) is 0 Å². The van der Waals surface area contributed by atoms with Gasteiger partial charge in [0.25, 0.3) is 0 Å². The first-order chi connectivity index (χ1) is 9.38. The first-order valence-corrected chi connectivity index (χ1v) is 8.40. The molecule has 1 aromatic carbocycles. The van der Waals surface area contributed by atoms with Gasteiger partial charge in [0.1, 0.15) is 11.4 Å². The van der Waals surface area contributed by atoms with Crippen LogP contribution >= 0.6 is 0 Å². The normalized spacial score (nSPS) is 21.9. The summed E-state index contributed by atoms with van der Waals surface area (Å²) in [5.41, 5.74) is 0.479. The Labute approximate surface area is 120 Å².